The molecule has 0 saturated carbocycles. The van der Waals surface area contributed by atoms with Crippen molar-refractivity contribution in [2.24, 2.45) is 5.73 Å². The van der Waals surface area contributed by atoms with Gasteiger partial charge in [0.05, 0.1) is 7.57 Å². The Morgan fingerprint density at radius 3 is 2.33 bits per heavy atom. The fourth-order valence-corrected chi connectivity index (χ4v) is 6.27. The van der Waals surface area contributed by atoms with Crippen molar-refractivity contribution in [2.75, 3.05) is 6.54 Å². The molecule has 0 bridgehead atoms. The lowest BCUT2D eigenvalue weighted by molar-refractivity contribution is 0.392. The fourth-order valence-electron chi connectivity index (χ4n) is 1.32. The molecule has 0 fully saturated rings. The minimum atomic E-state index is -3.52. The molecular weight excluding hydrogens is 404 g/mol. The first-order valence-corrected chi connectivity index (χ1v) is 9.36. The second-order valence-corrected chi connectivity index (χ2v) is 9.57. The van der Waals surface area contributed by atoms with Crippen LogP contribution in [-0.2, 0) is 10.0 Å². The van der Waals surface area contributed by atoms with Gasteiger partial charge in [-0.1, -0.05) is 13.8 Å². The van der Waals surface area contributed by atoms with Crippen LogP contribution in [0.2, 0.25) is 0 Å². The van der Waals surface area contributed by atoms with Crippen molar-refractivity contribution in [3.63, 3.8) is 0 Å². The van der Waals surface area contributed by atoms with E-state index in [0.29, 0.717) is 3.79 Å². The number of nitrogens with two attached hydrogens (primary N) is 1. The maximum Gasteiger partial charge on any atom is 0.242 e. The molecule has 0 saturated heterocycles. The summed E-state index contributed by atoms with van der Waals surface area (Å²) in [4.78, 5) is 0.244. The zero-order chi connectivity index (χ0) is 14.0. The van der Waals surface area contributed by atoms with Gasteiger partial charge >= 0.3 is 0 Å². The van der Waals surface area contributed by atoms with E-state index in [1.54, 1.807) is 6.07 Å². The van der Waals surface area contributed by atoms with Crippen LogP contribution in [0.1, 0.15) is 26.7 Å². The summed E-state index contributed by atoms with van der Waals surface area (Å²) in [6.45, 7) is 4.14. The Morgan fingerprint density at radius 2 is 1.94 bits per heavy atom. The van der Waals surface area contributed by atoms with Crippen molar-refractivity contribution >= 4 is 53.2 Å². The Balaban J connectivity index is 2.87. The molecule has 0 amide bonds. The van der Waals surface area contributed by atoms with Gasteiger partial charge in [-0.15, -0.1) is 11.3 Å². The predicted molar refractivity (Wildman–Crippen MR) is 82.4 cm³/mol. The lowest BCUT2D eigenvalue weighted by Gasteiger charge is -2.26. The molecule has 1 aromatic heterocycles. The van der Waals surface area contributed by atoms with E-state index in [-0.39, 0.29) is 11.4 Å². The topological polar surface area (TPSA) is 72.2 Å². The number of thiophene rings is 1. The highest BCUT2D eigenvalue weighted by atomic mass is 79.9. The van der Waals surface area contributed by atoms with Gasteiger partial charge in [-0.25, -0.2) is 13.1 Å². The van der Waals surface area contributed by atoms with Gasteiger partial charge in [-0.05, 0) is 50.8 Å². The quantitative estimate of drug-likeness (QED) is 0.743. The van der Waals surface area contributed by atoms with Gasteiger partial charge in [0, 0.05) is 12.1 Å². The van der Waals surface area contributed by atoms with Gasteiger partial charge in [0.2, 0.25) is 10.0 Å². The van der Waals surface area contributed by atoms with Crippen molar-refractivity contribution in [3.8, 4) is 0 Å². The zero-order valence-corrected chi connectivity index (χ0v) is 15.0. The summed E-state index contributed by atoms with van der Waals surface area (Å²) in [5.74, 6) is 0. The average Bonchev–Trinajstić information content (AvgIpc) is 2.66. The minimum Gasteiger partial charge on any atom is -0.324 e. The van der Waals surface area contributed by atoms with E-state index in [9.17, 15) is 8.42 Å². The van der Waals surface area contributed by atoms with E-state index in [1.165, 1.54) is 11.3 Å². The van der Waals surface area contributed by atoms with Gasteiger partial charge in [0.1, 0.15) is 4.90 Å². The van der Waals surface area contributed by atoms with Gasteiger partial charge in [-0.2, -0.15) is 0 Å². The van der Waals surface area contributed by atoms with Crippen LogP contribution in [0.5, 0.6) is 0 Å². The van der Waals surface area contributed by atoms with E-state index in [2.05, 4.69) is 36.6 Å². The molecule has 0 atom stereocenters. The van der Waals surface area contributed by atoms with Crippen molar-refractivity contribution in [3.05, 3.63) is 13.6 Å². The summed E-state index contributed by atoms with van der Waals surface area (Å²) in [5, 5.41) is 0. The van der Waals surface area contributed by atoms with Crippen LogP contribution < -0.4 is 10.5 Å². The highest BCUT2D eigenvalue weighted by Gasteiger charge is 2.26. The number of nitrogens with one attached hydrogen (secondary N) is 1. The first-order valence-electron chi connectivity index (χ1n) is 5.47. The Labute approximate surface area is 129 Å². The Kier molecular flexibility index (Phi) is 5.82. The molecule has 0 spiro atoms. The van der Waals surface area contributed by atoms with Crippen molar-refractivity contribution < 1.29 is 8.42 Å². The summed E-state index contributed by atoms with van der Waals surface area (Å²) in [6, 6.07) is 1.58. The summed E-state index contributed by atoms with van der Waals surface area (Å²) >= 11 is 7.83. The van der Waals surface area contributed by atoms with Gasteiger partial charge < -0.3 is 5.73 Å². The Bertz CT molecular complexity index is 510. The molecule has 104 valence electrons. The lowest BCUT2D eigenvalue weighted by Crippen LogP contribution is -2.49. The summed E-state index contributed by atoms with van der Waals surface area (Å²) in [5.41, 5.74) is 5.59. The molecule has 1 aromatic rings. The van der Waals surface area contributed by atoms with Crippen LogP contribution in [0, 0.1) is 0 Å². The SMILES string of the molecule is CCC(N)(CC)CNS(=O)(=O)c1cc(Br)sc1Br. The molecule has 0 unspecified atom stereocenters. The summed E-state index contributed by atoms with van der Waals surface area (Å²) in [6.07, 6.45) is 1.45. The predicted octanol–water partition coefficient (Wildman–Crippen LogP) is 3.07. The van der Waals surface area contributed by atoms with Crippen LogP contribution >= 0.6 is 43.2 Å². The van der Waals surface area contributed by atoms with Crippen LogP contribution in [0.4, 0.5) is 0 Å². The van der Waals surface area contributed by atoms with Crippen molar-refractivity contribution in [2.45, 2.75) is 37.1 Å². The van der Waals surface area contributed by atoms with Gasteiger partial charge in [0.15, 0.2) is 0 Å². The number of hydrogen-bond donors (Lipinski definition) is 2. The molecule has 0 aliphatic carbocycles. The molecule has 0 radical (unpaired) electrons. The first kappa shape index (κ1) is 16.6. The minimum absolute atomic E-state index is 0.238. The van der Waals surface area contributed by atoms with Crippen LogP contribution in [0.15, 0.2) is 18.5 Å². The maximum atomic E-state index is 12.1. The van der Waals surface area contributed by atoms with E-state index in [0.717, 1.165) is 16.6 Å². The van der Waals surface area contributed by atoms with E-state index in [1.807, 2.05) is 13.8 Å². The third kappa shape index (κ3) is 4.01. The van der Waals surface area contributed by atoms with Crippen molar-refractivity contribution in [1.29, 1.82) is 0 Å². The monoisotopic (exact) mass is 418 g/mol. The van der Waals surface area contributed by atoms with Gasteiger partial charge in [0.25, 0.3) is 0 Å². The van der Waals surface area contributed by atoms with E-state index >= 15 is 0 Å². The Hall–Kier alpha value is 0.530. The van der Waals surface area contributed by atoms with Crippen LogP contribution in [0.3, 0.4) is 0 Å². The standard InChI is InChI=1S/C10H16Br2N2O2S2/c1-3-10(13,4-2)6-14-18(15,16)7-5-8(11)17-9(7)12/h5,14H,3-4,6,13H2,1-2H3. The van der Waals surface area contributed by atoms with Crippen LogP contribution in [-0.4, -0.2) is 20.5 Å². The molecule has 1 rings (SSSR count). The van der Waals surface area contributed by atoms with Crippen LogP contribution in [0.25, 0.3) is 0 Å². The smallest absolute Gasteiger partial charge is 0.242 e. The highest BCUT2D eigenvalue weighted by molar-refractivity contribution is 9.12. The zero-order valence-electron chi connectivity index (χ0n) is 10.2. The first-order chi connectivity index (χ1) is 8.24. The summed E-state index contributed by atoms with van der Waals surface area (Å²) < 4.78 is 28.2. The highest BCUT2D eigenvalue weighted by Crippen LogP contribution is 2.34. The molecule has 0 aromatic carbocycles. The molecule has 4 nitrogen and oxygen atoms in total. The largest absolute Gasteiger partial charge is 0.324 e. The molecule has 8 heteroatoms. The van der Waals surface area contributed by atoms with E-state index < -0.39 is 15.6 Å². The number of halogens is 2. The second-order valence-electron chi connectivity index (χ2n) is 4.08. The Morgan fingerprint density at radius 1 is 1.39 bits per heavy atom. The molecule has 1 heterocycles. The third-order valence-electron chi connectivity index (χ3n) is 2.94. The lowest BCUT2D eigenvalue weighted by atomic mass is 9.95. The molecule has 0 aliphatic rings. The molecule has 18 heavy (non-hydrogen) atoms. The average molecular weight is 420 g/mol. The van der Waals surface area contributed by atoms with Gasteiger partial charge in [-0.3, -0.25) is 0 Å². The number of hydrogen-bond acceptors (Lipinski definition) is 4. The normalized spacial score (nSPS) is 12.9. The van der Waals surface area contributed by atoms with E-state index in [4.69, 9.17) is 5.73 Å². The third-order valence-corrected chi connectivity index (χ3v) is 7.09. The van der Waals surface area contributed by atoms with Crippen molar-refractivity contribution in [1.82, 2.24) is 4.72 Å². The molecule has 3 N–H and O–H groups in total. The molecule has 0 aliphatic heterocycles. The maximum absolute atomic E-state index is 12.1. The number of rotatable bonds is 6. The fraction of sp³-hybridized carbons (Fsp3) is 0.600. The second kappa shape index (κ2) is 6.32. The molecular formula is C10H16Br2N2O2S2. The summed E-state index contributed by atoms with van der Waals surface area (Å²) in [7, 11) is -3.52. The number of sulfonamides is 1.